The number of fused-ring (bicyclic) bond motifs is 1. The van der Waals surface area contributed by atoms with E-state index in [1.54, 1.807) is 12.1 Å². The van der Waals surface area contributed by atoms with Gasteiger partial charge in [0.15, 0.2) is 0 Å². The summed E-state index contributed by atoms with van der Waals surface area (Å²) < 4.78 is 36.3. The van der Waals surface area contributed by atoms with Crippen molar-refractivity contribution in [2.45, 2.75) is 25.4 Å². The number of aromatic carboxylic acids is 1. The van der Waals surface area contributed by atoms with Crippen LogP contribution in [0.15, 0.2) is 18.2 Å². The van der Waals surface area contributed by atoms with Gasteiger partial charge in [0.05, 0.1) is 5.56 Å². The Morgan fingerprint density at radius 1 is 1.37 bits per heavy atom. The van der Waals surface area contributed by atoms with Crippen LogP contribution in [0.1, 0.15) is 28.8 Å². The van der Waals surface area contributed by atoms with Crippen molar-refractivity contribution in [3.63, 3.8) is 0 Å². The molecule has 0 unspecified atom stereocenters. The van der Waals surface area contributed by atoms with E-state index in [2.05, 4.69) is 0 Å². The van der Waals surface area contributed by atoms with Gasteiger partial charge in [-0.2, -0.15) is 13.2 Å². The maximum Gasteiger partial charge on any atom is 0.389 e. The Morgan fingerprint density at radius 2 is 2.11 bits per heavy atom. The Labute approximate surface area is 108 Å². The lowest BCUT2D eigenvalue weighted by Crippen LogP contribution is -2.23. The van der Waals surface area contributed by atoms with Crippen LogP contribution in [0, 0.1) is 0 Å². The molecule has 3 nitrogen and oxygen atoms in total. The molecule has 1 aromatic rings. The zero-order chi connectivity index (χ0) is 14.0. The highest BCUT2D eigenvalue weighted by molar-refractivity contribution is 5.88. The average molecular weight is 273 g/mol. The number of carbonyl (C=O) groups is 1. The Kier molecular flexibility index (Phi) is 3.68. The van der Waals surface area contributed by atoms with Gasteiger partial charge < -0.3 is 10.0 Å². The van der Waals surface area contributed by atoms with Crippen molar-refractivity contribution in [3.05, 3.63) is 29.3 Å². The van der Waals surface area contributed by atoms with E-state index in [-0.39, 0.29) is 12.0 Å². The summed E-state index contributed by atoms with van der Waals surface area (Å²) in [5.74, 6) is -0.988. The van der Waals surface area contributed by atoms with Crippen molar-refractivity contribution in [2.24, 2.45) is 0 Å². The number of alkyl halides is 3. The van der Waals surface area contributed by atoms with Crippen LogP contribution in [0.3, 0.4) is 0 Å². The first-order valence-electron chi connectivity index (χ1n) is 6.05. The molecule has 1 aliphatic rings. The maximum atomic E-state index is 12.1. The van der Waals surface area contributed by atoms with Crippen LogP contribution in [0.2, 0.25) is 0 Å². The molecule has 0 spiro atoms. The number of hydrogen-bond acceptors (Lipinski definition) is 2. The third-order valence-corrected chi connectivity index (χ3v) is 3.21. The summed E-state index contributed by atoms with van der Waals surface area (Å²) in [5, 5.41) is 8.87. The molecule has 1 N–H and O–H groups in total. The first-order valence-corrected chi connectivity index (χ1v) is 6.05. The highest BCUT2D eigenvalue weighted by atomic mass is 19.4. The molecular formula is C13H14F3NO2. The van der Waals surface area contributed by atoms with Crippen LogP contribution in [0.5, 0.6) is 0 Å². The molecule has 1 aliphatic heterocycles. The minimum atomic E-state index is -4.12. The number of carboxylic acids is 1. The molecule has 0 radical (unpaired) electrons. The minimum Gasteiger partial charge on any atom is -0.478 e. The average Bonchev–Trinajstić information content (AvgIpc) is 2.70. The standard InChI is InChI=1S/C13H14F3NO2/c14-13(15,16)5-1-6-17-7-4-9-8-10(12(18)19)2-3-11(9)17/h2-3,8H,1,4-7H2,(H,18,19). The van der Waals surface area contributed by atoms with E-state index >= 15 is 0 Å². The summed E-state index contributed by atoms with van der Waals surface area (Å²) in [7, 11) is 0. The largest absolute Gasteiger partial charge is 0.478 e. The highest BCUT2D eigenvalue weighted by Gasteiger charge is 2.27. The Hall–Kier alpha value is -1.72. The zero-order valence-electron chi connectivity index (χ0n) is 10.2. The summed E-state index contributed by atoms with van der Waals surface area (Å²) in [5.41, 5.74) is 1.97. The lowest BCUT2D eigenvalue weighted by atomic mass is 10.1. The molecule has 1 aromatic carbocycles. The van der Waals surface area contributed by atoms with Gasteiger partial charge in [-0.3, -0.25) is 0 Å². The number of carboxylic acid groups (broad SMARTS) is 1. The number of nitrogens with zero attached hydrogens (tertiary/aromatic N) is 1. The molecular weight excluding hydrogens is 259 g/mol. The van der Waals surface area contributed by atoms with E-state index in [0.29, 0.717) is 19.5 Å². The lowest BCUT2D eigenvalue weighted by molar-refractivity contribution is -0.135. The van der Waals surface area contributed by atoms with Gasteiger partial charge in [-0.05, 0) is 36.6 Å². The van der Waals surface area contributed by atoms with Crippen molar-refractivity contribution in [2.75, 3.05) is 18.0 Å². The fraction of sp³-hybridized carbons (Fsp3) is 0.462. The van der Waals surface area contributed by atoms with Crippen LogP contribution >= 0.6 is 0 Å². The molecule has 0 saturated carbocycles. The van der Waals surface area contributed by atoms with Crippen LogP contribution in [-0.2, 0) is 6.42 Å². The fourth-order valence-corrected chi connectivity index (χ4v) is 2.31. The number of benzene rings is 1. The van der Waals surface area contributed by atoms with Gasteiger partial charge in [0.1, 0.15) is 0 Å². The van der Waals surface area contributed by atoms with Gasteiger partial charge in [-0.15, -0.1) is 0 Å². The van der Waals surface area contributed by atoms with Crippen molar-refractivity contribution in [1.29, 1.82) is 0 Å². The Bertz CT molecular complexity index is 485. The maximum absolute atomic E-state index is 12.1. The molecule has 0 amide bonds. The second-order valence-electron chi connectivity index (χ2n) is 4.60. The van der Waals surface area contributed by atoms with E-state index in [1.165, 1.54) is 6.07 Å². The molecule has 0 saturated heterocycles. The predicted octanol–water partition coefficient (Wildman–Crippen LogP) is 3.09. The van der Waals surface area contributed by atoms with E-state index in [4.69, 9.17) is 5.11 Å². The fourth-order valence-electron chi connectivity index (χ4n) is 2.31. The van der Waals surface area contributed by atoms with Crippen molar-refractivity contribution in [3.8, 4) is 0 Å². The Balaban J connectivity index is 2.00. The summed E-state index contributed by atoms with van der Waals surface area (Å²) >= 11 is 0. The number of rotatable bonds is 4. The number of hydrogen-bond donors (Lipinski definition) is 1. The van der Waals surface area contributed by atoms with E-state index < -0.39 is 18.6 Å². The zero-order valence-corrected chi connectivity index (χ0v) is 10.2. The second-order valence-corrected chi connectivity index (χ2v) is 4.60. The molecule has 0 bridgehead atoms. The Morgan fingerprint density at radius 3 is 2.74 bits per heavy atom. The normalized spacial score (nSPS) is 14.6. The van der Waals surface area contributed by atoms with Crippen LogP contribution < -0.4 is 4.90 Å². The number of halogens is 3. The molecule has 0 aliphatic carbocycles. The number of anilines is 1. The van der Waals surface area contributed by atoms with Gasteiger partial charge >= 0.3 is 12.1 Å². The van der Waals surface area contributed by atoms with E-state index in [0.717, 1.165) is 11.3 Å². The summed E-state index contributed by atoms with van der Waals surface area (Å²) in [6.45, 7) is 0.995. The third kappa shape index (κ3) is 3.39. The summed E-state index contributed by atoms with van der Waals surface area (Å²) in [6.07, 6.45) is -4.16. The van der Waals surface area contributed by atoms with Crippen LogP contribution in [0.4, 0.5) is 18.9 Å². The van der Waals surface area contributed by atoms with Gasteiger partial charge in [0, 0.05) is 25.2 Å². The van der Waals surface area contributed by atoms with Gasteiger partial charge in [0.2, 0.25) is 0 Å². The molecule has 19 heavy (non-hydrogen) atoms. The smallest absolute Gasteiger partial charge is 0.389 e. The molecule has 0 aromatic heterocycles. The second kappa shape index (κ2) is 5.11. The van der Waals surface area contributed by atoms with Crippen molar-refractivity contribution in [1.82, 2.24) is 0 Å². The monoisotopic (exact) mass is 273 g/mol. The van der Waals surface area contributed by atoms with Crippen molar-refractivity contribution < 1.29 is 23.1 Å². The molecule has 104 valence electrons. The quantitative estimate of drug-likeness (QED) is 0.916. The molecule has 2 rings (SSSR count). The van der Waals surface area contributed by atoms with Gasteiger partial charge in [-0.25, -0.2) is 4.79 Å². The topological polar surface area (TPSA) is 40.5 Å². The first-order chi connectivity index (χ1) is 8.87. The van der Waals surface area contributed by atoms with E-state index in [1.807, 2.05) is 4.90 Å². The van der Waals surface area contributed by atoms with Crippen LogP contribution in [-0.4, -0.2) is 30.3 Å². The summed E-state index contributed by atoms with van der Waals surface area (Å²) in [4.78, 5) is 12.7. The summed E-state index contributed by atoms with van der Waals surface area (Å²) in [6, 6.07) is 4.77. The highest BCUT2D eigenvalue weighted by Crippen LogP contribution is 2.30. The van der Waals surface area contributed by atoms with Gasteiger partial charge in [-0.1, -0.05) is 0 Å². The van der Waals surface area contributed by atoms with Crippen LogP contribution in [0.25, 0.3) is 0 Å². The van der Waals surface area contributed by atoms with Crippen molar-refractivity contribution >= 4 is 11.7 Å². The molecule has 0 atom stereocenters. The minimum absolute atomic E-state index is 0.0591. The third-order valence-electron chi connectivity index (χ3n) is 3.21. The lowest BCUT2D eigenvalue weighted by Gasteiger charge is -2.19. The SMILES string of the molecule is O=C(O)c1ccc2c(c1)CCN2CCCC(F)(F)F. The first kappa shape index (κ1) is 13.7. The molecule has 6 heteroatoms. The molecule has 0 fully saturated rings. The van der Waals surface area contributed by atoms with Gasteiger partial charge in [0.25, 0.3) is 0 Å². The predicted molar refractivity (Wildman–Crippen MR) is 64.6 cm³/mol. The van der Waals surface area contributed by atoms with E-state index in [9.17, 15) is 18.0 Å². The molecule has 1 heterocycles.